The Balaban J connectivity index is 1.88. The van der Waals surface area contributed by atoms with Crippen molar-refractivity contribution in [1.82, 2.24) is 21.3 Å². The molecule has 4 N–H and O–H groups in total. The minimum absolute atomic E-state index is 0.106. The fourth-order valence-corrected chi connectivity index (χ4v) is 3.22. The van der Waals surface area contributed by atoms with Crippen molar-refractivity contribution in [2.24, 2.45) is 0 Å². The van der Waals surface area contributed by atoms with E-state index in [0.29, 0.717) is 19.4 Å². The van der Waals surface area contributed by atoms with Crippen LogP contribution in [0, 0.1) is 0 Å². The molecule has 7 heteroatoms. The molecular formula is C20H30N4O3. The van der Waals surface area contributed by atoms with E-state index in [1.54, 1.807) is 0 Å². The van der Waals surface area contributed by atoms with Gasteiger partial charge in [0.1, 0.15) is 5.54 Å². The molecule has 1 aliphatic carbocycles. The van der Waals surface area contributed by atoms with Crippen LogP contribution in [0.5, 0.6) is 0 Å². The van der Waals surface area contributed by atoms with Crippen molar-refractivity contribution in [2.45, 2.75) is 64.1 Å². The van der Waals surface area contributed by atoms with Crippen LogP contribution in [0.2, 0.25) is 0 Å². The Morgan fingerprint density at radius 3 is 2.22 bits per heavy atom. The summed E-state index contributed by atoms with van der Waals surface area (Å²) in [6.45, 7) is 5.92. The largest absolute Gasteiger partial charge is 0.350 e. The van der Waals surface area contributed by atoms with Gasteiger partial charge in [-0.2, -0.15) is 0 Å². The lowest BCUT2D eigenvalue weighted by Crippen LogP contribution is -2.60. The zero-order valence-electron chi connectivity index (χ0n) is 16.4. The lowest BCUT2D eigenvalue weighted by atomic mass is 9.96. The minimum Gasteiger partial charge on any atom is -0.350 e. The summed E-state index contributed by atoms with van der Waals surface area (Å²) in [5.74, 6) is -0.559. The summed E-state index contributed by atoms with van der Waals surface area (Å²) in [6, 6.07) is 9.19. The first-order valence-corrected chi connectivity index (χ1v) is 9.39. The van der Waals surface area contributed by atoms with E-state index < -0.39 is 5.54 Å². The summed E-state index contributed by atoms with van der Waals surface area (Å²) in [5.41, 5.74) is -0.331. The van der Waals surface area contributed by atoms with Crippen LogP contribution < -0.4 is 21.3 Å². The Kier molecular flexibility index (Phi) is 6.82. The van der Waals surface area contributed by atoms with Gasteiger partial charge < -0.3 is 21.3 Å². The predicted octanol–water partition coefficient (Wildman–Crippen LogP) is 1.83. The summed E-state index contributed by atoms with van der Waals surface area (Å²) in [7, 11) is 0. The third kappa shape index (κ3) is 6.58. The Hall–Kier alpha value is -2.57. The number of hydrogen-bond acceptors (Lipinski definition) is 3. The summed E-state index contributed by atoms with van der Waals surface area (Å²) >= 11 is 0. The van der Waals surface area contributed by atoms with Crippen LogP contribution in [0.4, 0.5) is 4.79 Å². The van der Waals surface area contributed by atoms with Crippen LogP contribution in [-0.4, -0.2) is 35.5 Å². The molecule has 0 aliphatic heterocycles. The number of nitrogens with one attached hydrogen (secondary N) is 4. The second-order valence-corrected chi connectivity index (χ2v) is 8.06. The number of rotatable bonds is 6. The summed E-state index contributed by atoms with van der Waals surface area (Å²) in [5, 5.41) is 11.1. The average molecular weight is 374 g/mol. The molecule has 27 heavy (non-hydrogen) atoms. The molecule has 0 radical (unpaired) electrons. The Bertz CT molecular complexity index is 662. The summed E-state index contributed by atoms with van der Waals surface area (Å²) < 4.78 is 0. The molecule has 7 nitrogen and oxygen atoms in total. The number of urea groups is 1. The van der Waals surface area contributed by atoms with Gasteiger partial charge in [0, 0.05) is 12.1 Å². The molecule has 1 aliphatic rings. The molecule has 148 valence electrons. The highest BCUT2D eigenvalue weighted by atomic mass is 16.2. The molecule has 0 saturated heterocycles. The zero-order valence-corrected chi connectivity index (χ0v) is 16.4. The van der Waals surface area contributed by atoms with Crippen LogP contribution in [-0.2, 0) is 16.1 Å². The number of hydrogen-bond donors (Lipinski definition) is 4. The third-order valence-electron chi connectivity index (χ3n) is 4.46. The SMILES string of the molecule is CC(C)(C)NC(=O)CNC(=O)C1(NC(=O)NCc2ccccc2)CCCC1. The van der Waals surface area contributed by atoms with Crippen LogP contribution >= 0.6 is 0 Å². The highest BCUT2D eigenvalue weighted by molar-refractivity contribution is 5.93. The van der Waals surface area contributed by atoms with E-state index in [9.17, 15) is 14.4 Å². The molecule has 0 spiro atoms. The van der Waals surface area contributed by atoms with E-state index >= 15 is 0 Å². The molecule has 0 heterocycles. The normalized spacial score (nSPS) is 15.7. The van der Waals surface area contributed by atoms with Crippen LogP contribution in [0.25, 0.3) is 0 Å². The molecule has 1 fully saturated rings. The van der Waals surface area contributed by atoms with Crippen molar-refractivity contribution < 1.29 is 14.4 Å². The number of amides is 4. The van der Waals surface area contributed by atoms with E-state index in [4.69, 9.17) is 0 Å². The van der Waals surface area contributed by atoms with Crippen molar-refractivity contribution >= 4 is 17.8 Å². The summed E-state index contributed by atoms with van der Waals surface area (Å²) in [6.07, 6.45) is 2.86. The van der Waals surface area contributed by atoms with Gasteiger partial charge in [0.15, 0.2) is 0 Å². The monoisotopic (exact) mass is 374 g/mol. The zero-order chi connectivity index (χ0) is 19.9. The first-order chi connectivity index (χ1) is 12.7. The van der Waals surface area contributed by atoms with E-state index in [2.05, 4.69) is 21.3 Å². The van der Waals surface area contributed by atoms with Gasteiger partial charge in [-0.25, -0.2) is 4.79 Å². The molecule has 0 bridgehead atoms. The van der Waals surface area contributed by atoms with Gasteiger partial charge in [-0.1, -0.05) is 43.2 Å². The van der Waals surface area contributed by atoms with E-state index in [1.807, 2.05) is 51.1 Å². The second kappa shape index (κ2) is 8.88. The van der Waals surface area contributed by atoms with Gasteiger partial charge in [0.05, 0.1) is 6.54 Å². The van der Waals surface area contributed by atoms with Crippen LogP contribution in [0.15, 0.2) is 30.3 Å². The van der Waals surface area contributed by atoms with Gasteiger partial charge in [0.2, 0.25) is 11.8 Å². The van der Waals surface area contributed by atoms with Crippen LogP contribution in [0.1, 0.15) is 52.0 Å². The molecule has 4 amide bonds. The topological polar surface area (TPSA) is 99.3 Å². The molecule has 1 aromatic carbocycles. The molecule has 1 aromatic rings. The lowest BCUT2D eigenvalue weighted by Gasteiger charge is -2.29. The van der Waals surface area contributed by atoms with Gasteiger partial charge >= 0.3 is 6.03 Å². The maximum Gasteiger partial charge on any atom is 0.315 e. The van der Waals surface area contributed by atoms with Gasteiger partial charge in [0.25, 0.3) is 0 Å². The highest BCUT2D eigenvalue weighted by Gasteiger charge is 2.42. The van der Waals surface area contributed by atoms with E-state index in [0.717, 1.165) is 18.4 Å². The summed E-state index contributed by atoms with van der Waals surface area (Å²) in [4.78, 5) is 37.0. The van der Waals surface area contributed by atoms with Crippen LogP contribution in [0.3, 0.4) is 0 Å². The smallest absolute Gasteiger partial charge is 0.315 e. The Labute approximate surface area is 160 Å². The van der Waals surface area contributed by atoms with Crippen molar-refractivity contribution in [3.05, 3.63) is 35.9 Å². The maximum atomic E-state index is 12.7. The molecule has 0 atom stereocenters. The number of carbonyl (C=O) groups is 3. The van der Waals surface area contributed by atoms with Crippen molar-refractivity contribution in [3.63, 3.8) is 0 Å². The van der Waals surface area contributed by atoms with Gasteiger partial charge in [-0.3, -0.25) is 9.59 Å². The predicted molar refractivity (Wildman–Crippen MR) is 104 cm³/mol. The number of carbonyl (C=O) groups excluding carboxylic acids is 3. The Morgan fingerprint density at radius 1 is 1.00 bits per heavy atom. The molecule has 0 aromatic heterocycles. The fraction of sp³-hybridized carbons (Fsp3) is 0.550. The molecule has 2 rings (SSSR count). The number of benzene rings is 1. The second-order valence-electron chi connectivity index (χ2n) is 8.06. The third-order valence-corrected chi connectivity index (χ3v) is 4.46. The maximum absolute atomic E-state index is 12.7. The lowest BCUT2D eigenvalue weighted by molar-refractivity contribution is -0.130. The molecule has 1 saturated carbocycles. The Morgan fingerprint density at radius 2 is 1.63 bits per heavy atom. The quantitative estimate of drug-likeness (QED) is 0.611. The van der Waals surface area contributed by atoms with E-state index in [1.165, 1.54) is 0 Å². The van der Waals surface area contributed by atoms with Crippen molar-refractivity contribution in [2.75, 3.05) is 6.54 Å². The van der Waals surface area contributed by atoms with Gasteiger partial charge in [-0.05, 0) is 39.2 Å². The van der Waals surface area contributed by atoms with E-state index in [-0.39, 0.29) is 29.9 Å². The molecular weight excluding hydrogens is 344 g/mol. The highest BCUT2D eigenvalue weighted by Crippen LogP contribution is 2.29. The fourth-order valence-electron chi connectivity index (χ4n) is 3.22. The average Bonchev–Trinajstić information content (AvgIpc) is 3.07. The first-order valence-electron chi connectivity index (χ1n) is 9.39. The van der Waals surface area contributed by atoms with Crippen molar-refractivity contribution in [3.8, 4) is 0 Å². The van der Waals surface area contributed by atoms with Crippen molar-refractivity contribution in [1.29, 1.82) is 0 Å². The standard InChI is InChI=1S/C20H30N4O3/c1-19(2,3)23-16(25)14-21-17(26)20(11-7-8-12-20)24-18(27)22-13-15-9-5-4-6-10-15/h4-6,9-10H,7-8,11-14H2,1-3H3,(H,21,26)(H,23,25)(H2,22,24,27). The molecule has 0 unspecified atom stereocenters. The first kappa shape index (κ1) is 20.7. The minimum atomic E-state index is -0.956. The van der Waals surface area contributed by atoms with Gasteiger partial charge in [-0.15, -0.1) is 0 Å².